The van der Waals surface area contributed by atoms with Gasteiger partial charge in [-0.1, -0.05) is 0 Å². The predicted molar refractivity (Wildman–Crippen MR) is 55.8 cm³/mol. The van der Waals surface area contributed by atoms with E-state index in [2.05, 4.69) is 14.4 Å². The zero-order valence-electron chi connectivity index (χ0n) is 8.50. The molecule has 0 spiro atoms. The molecule has 0 radical (unpaired) electrons. The molecule has 0 rings (SSSR count). The highest BCUT2D eigenvalue weighted by atomic mass is 32.2. The van der Waals surface area contributed by atoms with Crippen LogP contribution in [0.5, 0.6) is 0 Å². The summed E-state index contributed by atoms with van der Waals surface area (Å²) in [6.07, 6.45) is 0.710. The van der Waals surface area contributed by atoms with E-state index in [0.29, 0.717) is 6.61 Å². The summed E-state index contributed by atoms with van der Waals surface area (Å²) < 4.78 is 7.28. The Morgan fingerprint density at radius 3 is 2.77 bits per heavy atom. The Kier molecular flexibility index (Phi) is 7.93. The molecule has 0 heterocycles. The molecule has 0 aliphatic carbocycles. The first-order valence-corrected chi connectivity index (χ1v) is 5.34. The molecule has 0 saturated carbocycles. The van der Waals surface area contributed by atoms with Crippen LogP contribution in [-0.2, 0) is 4.74 Å². The van der Waals surface area contributed by atoms with Crippen molar-refractivity contribution in [3.05, 3.63) is 0 Å². The first-order chi connectivity index (χ1) is 6.16. The SMILES string of the molecule is CCOC(=O)NSCCCN(C)C. The van der Waals surface area contributed by atoms with Crippen molar-refractivity contribution in [3.63, 3.8) is 0 Å². The minimum Gasteiger partial charge on any atom is -0.449 e. The molecule has 0 aromatic rings. The highest BCUT2D eigenvalue weighted by molar-refractivity contribution is 7.97. The van der Waals surface area contributed by atoms with Crippen molar-refractivity contribution in [1.29, 1.82) is 0 Å². The monoisotopic (exact) mass is 206 g/mol. The van der Waals surface area contributed by atoms with Crippen LogP contribution in [0.25, 0.3) is 0 Å². The maximum atomic E-state index is 10.8. The average Bonchev–Trinajstić information content (AvgIpc) is 2.03. The van der Waals surface area contributed by atoms with Crippen LogP contribution in [0.2, 0.25) is 0 Å². The number of amides is 1. The standard InChI is InChI=1S/C8H18N2O2S/c1-4-12-8(11)9-13-7-5-6-10(2)3/h4-7H2,1-3H3,(H,9,11). The van der Waals surface area contributed by atoms with E-state index in [1.807, 2.05) is 14.1 Å². The Bertz CT molecular complexity index is 142. The smallest absolute Gasteiger partial charge is 0.417 e. The number of carbonyl (C=O) groups is 1. The largest absolute Gasteiger partial charge is 0.449 e. The van der Waals surface area contributed by atoms with Crippen LogP contribution in [0.1, 0.15) is 13.3 Å². The normalized spacial score (nSPS) is 10.2. The van der Waals surface area contributed by atoms with Gasteiger partial charge in [0.05, 0.1) is 6.61 Å². The topological polar surface area (TPSA) is 41.6 Å². The van der Waals surface area contributed by atoms with Gasteiger partial charge in [-0.3, -0.25) is 4.72 Å². The van der Waals surface area contributed by atoms with Gasteiger partial charge in [0.15, 0.2) is 0 Å². The van der Waals surface area contributed by atoms with Crippen LogP contribution in [-0.4, -0.2) is 44.0 Å². The molecule has 1 amide bonds. The molecule has 0 aliphatic heterocycles. The van der Waals surface area contributed by atoms with Gasteiger partial charge in [-0.15, -0.1) is 0 Å². The number of carbonyl (C=O) groups excluding carboxylic acids is 1. The Balaban J connectivity index is 3.11. The second-order valence-electron chi connectivity index (χ2n) is 2.83. The summed E-state index contributed by atoms with van der Waals surface area (Å²) >= 11 is 1.39. The molecule has 13 heavy (non-hydrogen) atoms. The van der Waals surface area contributed by atoms with Gasteiger partial charge in [0.25, 0.3) is 0 Å². The van der Waals surface area contributed by atoms with Gasteiger partial charge in [0, 0.05) is 5.75 Å². The van der Waals surface area contributed by atoms with Crippen molar-refractivity contribution in [1.82, 2.24) is 9.62 Å². The van der Waals surface area contributed by atoms with E-state index < -0.39 is 0 Å². The van der Waals surface area contributed by atoms with Crippen molar-refractivity contribution >= 4 is 18.0 Å². The number of hydrogen-bond acceptors (Lipinski definition) is 4. The molecular formula is C8H18N2O2S. The summed E-state index contributed by atoms with van der Waals surface area (Å²) in [5.74, 6) is 0.914. The van der Waals surface area contributed by atoms with Crippen molar-refractivity contribution in [2.75, 3.05) is 33.0 Å². The molecule has 0 bridgehead atoms. The molecule has 78 valence electrons. The van der Waals surface area contributed by atoms with Crippen molar-refractivity contribution < 1.29 is 9.53 Å². The number of nitrogens with one attached hydrogen (secondary N) is 1. The molecule has 0 atom stereocenters. The second-order valence-corrected chi connectivity index (χ2v) is 3.73. The van der Waals surface area contributed by atoms with Gasteiger partial charge in [0.2, 0.25) is 0 Å². The minimum atomic E-state index is -0.350. The first kappa shape index (κ1) is 12.6. The van der Waals surface area contributed by atoms with Gasteiger partial charge in [-0.25, -0.2) is 4.79 Å². The quantitative estimate of drug-likeness (QED) is 0.526. The second kappa shape index (κ2) is 8.19. The lowest BCUT2D eigenvalue weighted by molar-refractivity contribution is 0.159. The molecule has 0 unspecified atom stereocenters. The molecule has 0 saturated heterocycles. The fourth-order valence-electron chi connectivity index (χ4n) is 0.723. The molecule has 0 aliphatic rings. The third-order valence-electron chi connectivity index (χ3n) is 1.28. The molecule has 1 N–H and O–H groups in total. The summed E-state index contributed by atoms with van der Waals surface area (Å²) in [4.78, 5) is 12.9. The van der Waals surface area contributed by atoms with Crippen LogP contribution in [0, 0.1) is 0 Å². The molecule has 5 heteroatoms. The Labute approximate surface area is 84.1 Å². The summed E-state index contributed by atoms with van der Waals surface area (Å²) in [7, 11) is 4.06. The van der Waals surface area contributed by atoms with Gasteiger partial charge in [-0.2, -0.15) is 0 Å². The van der Waals surface area contributed by atoms with Crippen LogP contribution in [0.15, 0.2) is 0 Å². The molecular weight excluding hydrogens is 188 g/mol. The predicted octanol–water partition coefficient (Wildman–Crippen LogP) is 1.33. The lowest BCUT2D eigenvalue weighted by Crippen LogP contribution is -2.19. The highest BCUT2D eigenvalue weighted by Gasteiger charge is 1.98. The summed E-state index contributed by atoms with van der Waals surface area (Å²) in [5, 5.41) is 0. The number of rotatable bonds is 6. The fraction of sp³-hybridized carbons (Fsp3) is 0.875. The van der Waals surface area contributed by atoms with Crippen molar-refractivity contribution in [2.45, 2.75) is 13.3 Å². The fourth-order valence-corrected chi connectivity index (χ4v) is 1.28. The van der Waals surface area contributed by atoms with E-state index in [1.165, 1.54) is 11.9 Å². The maximum Gasteiger partial charge on any atom is 0.417 e. The van der Waals surface area contributed by atoms with E-state index in [0.717, 1.165) is 18.7 Å². The summed E-state index contributed by atoms with van der Waals surface area (Å²) in [6, 6.07) is 0. The molecule has 0 aromatic heterocycles. The third-order valence-corrected chi connectivity index (χ3v) is 2.09. The Hall–Kier alpha value is -0.420. The lowest BCUT2D eigenvalue weighted by atomic mass is 10.5. The van der Waals surface area contributed by atoms with Crippen LogP contribution < -0.4 is 4.72 Å². The molecule has 4 nitrogen and oxygen atoms in total. The zero-order valence-corrected chi connectivity index (χ0v) is 9.32. The van der Waals surface area contributed by atoms with Crippen LogP contribution in [0.4, 0.5) is 4.79 Å². The highest BCUT2D eigenvalue weighted by Crippen LogP contribution is 1.97. The van der Waals surface area contributed by atoms with E-state index >= 15 is 0 Å². The maximum absolute atomic E-state index is 10.8. The Morgan fingerprint density at radius 2 is 2.23 bits per heavy atom. The number of ether oxygens (including phenoxy) is 1. The minimum absolute atomic E-state index is 0.350. The zero-order chi connectivity index (χ0) is 10.1. The molecule has 0 aromatic carbocycles. The van der Waals surface area contributed by atoms with E-state index in [4.69, 9.17) is 0 Å². The number of nitrogens with zero attached hydrogens (tertiary/aromatic N) is 1. The first-order valence-electron chi connectivity index (χ1n) is 4.36. The summed E-state index contributed by atoms with van der Waals surface area (Å²) in [6.45, 7) is 3.25. The van der Waals surface area contributed by atoms with Crippen LogP contribution in [0.3, 0.4) is 0 Å². The average molecular weight is 206 g/mol. The lowest BCUT2D eigenvalue weighted by Gasteiger charge is -2.08. The van der Waals surface area contributed by atoms with Gasteiger partial charge >= 0.3 is 6.09 Å². The number of hydrogen-bond donors (Lipinski definition) is 1. The third kappa shape index (κ3) is 9.49. The molecule has 0 fully saturated rings. The van der Waals surface area contributed by atoms with E-state index in [-0.39, 0.29) is 6.09 Å². The Morgan fingerprint density at radius 1 is 1.54 bits per heavy atom. The van der Waals surface area contributed by atoms with Crippen LogP contribution >= 0.6 is 11.9 Å². The van der Waals surface area contributed by atoms with Gasteiger partial charge in [0.1, 0.15) is 0 Å². The van der Waals surface area contributed by atoms with E-state index in [1.54, 1.807) is 6.92 Å². The van der Waals surface area contributed by atoms with Crippen molar-refractivity contribution in [2.24, 2.45) is 0 Å². The van der Waals surface area contributed by atoms with E-state index in [9.17, 15) is 4.79 Å². The summed E-state index contributed by atoms with van der Waals surface area (Å²) in [5.41, 5.74) is 0. The van der Waals surface area contributed by atoms with Crippen molar-refractivity contribution in [3.8, 4) is 0 Å². The van der Waals surface area contributed by atoms with Gasteiger partial charge in [-0.05, 0) is 45.9 Å². The van der Waals surface area contributed by atoms with Gasteiger partial charge < -0.3 is 9.64 Å².